The minimum atomic E-state index is -4.41. The molecule has 0 saturated heterocycles. The van der Waals surface area contributed by atoms with E-state index in [0.29, 0.717) is 17.8 Å². The van der Waals surface area contributed by atoms with Gasteiger partial charge in [-0.15, -0.1) is 11.3 Å². The molecular formula is C11H16F3N3OS. The number of aromatic nitrogens is 1. The SMILES string of the molecule is CCCCN(CC(F)(F)F)C(=O)c1csc(CN)n1. The average Bonchev–Trinajstić information content (AvgIpc) is 2.80. The second-order valence-electron chi connectivity index (χ2n) is 4.03. The molecule has 0 spiro atoms. The molecule has 2 N–H and O–H groups in total. The van der Waals surface area contributed by atoms with Crippen LogP contribution in [0.25, 0.3) is 0 Å². The Kier molecular flexibility index (Phi) is 5.74. The van der Waals surface area contributed by atoms with Gasteiger partial charge in [-0.3, -0.25) is 4.79 Å². The minimum Gasteiger partial charge on any atom is -0.328 e. The second-order valence-corrected chi connectivity index (χ2v) is 4.97. The highest BCUT2D eigenvalue weighted by Crippen LogP contribution is 2.19. The Bertz CT molecular complexity index is 420. The Morgan fingerprint density at radius 1 is 1.53 bits per heavy atom. The Balaban J connectivity index is 2.80. The smallest absolute Gasteiger partial charge is 0.328 e. The topological polar surface area (TPSA) is 59.2 Å². The van der Waals surface area contributed by atoms with Gasteiger partial charge in [-0.05, 0) is 6.42 Å². The number of halogens is 3. The standard InChI is InChI=1S/C11H16F3N3OS/c1-2-3-4-17(7-11(12,13)14)10(18)8-6-19-9(5-15)16-8/h6H,2-5,7,15H2,1H3. The lowest BCUT2D eigenvalue weighted by molar-refractivity contribution is -0.140. The van der Waals surface area contributed by atoms with E-state index in [1.54, 1.807) is 0 Å². The van der Waals surface area contributed by atoms with Crippen LogP contribution >= 0.6 is 11.3 Å². The summed E-state index contributed by atoms with van der Waals surface area (Å²) >= 11 is 1.17. The van der Waals surface area contributed by atoms with Crippen molar-refractivity contribution in [1.29, 1.82) is 0 Å². The van der Waals surface area contributed by atoms with Gasteiger partial charge in [0.2, 0.25) is 0 Å². The lowest BCUT2D eigenvalue weighted by Crippen LogP contribution is -2.39. The van der Waals surface area contributed by atoms with E-state index in [0.717, 1.165) is 4.90 Å². The first-order valence-electron chi connectivity index (χ1n) is 5.88. The minimum absolute atomic E-state index is 0.0332. The van der Waals surface area contributed by atoms with Gasteiger partial charge in [0.1, 0.15) is 17.2 Å². The quantitative estimate of drug-likeness (QED) is 0.876. The van der Waals surface area contributed by atoms with Gasteiger partial charge >= 0.3 is 6.18 Å². The number of carbonyl (C=O) groups is 1. The van der Waals surface area contributed by atoms with Crippen molar-refractivity contribution in [2.45, 2.75) is 32.5 Å². The summed E-state index contributed by atoms with van der Waals surface area (Å²) in [6.45, 7) is 0.851. The summed E-state index contributed by atoms with van der Waals surface area (Å²) in [6, 6.07) is 0. The Hall–Kier alpha value is -1.15. The first kappa shape index (κ1) is 15.9. The van der Waals surface area contributed by atoms with Gasteiger partial charge in [0, 0.05) is 18.5 Å². The molecule has 1 rings (SSSR count). The molecule has 0 aliphatic carbocycles. The fourth-order valence-corrected chi connectivity index (χ4v) is 2.13. The van der Waals surface area contributed by atoms with Crippen LogP contribution in [0.1, 0.15) is 35.3 Å². The lowest BCUT2D eigenvalue weighted by Gasteiger charge is -2.22. The number of alkyl halides is 3. The number of hydrogen-bond donors (Lipinski definition) is 1. The first-order valence-corrected chi connectivity index (χ1v) is 6.75. The summed E-state index contributed by atoms with van der Waals surface area (Å²) in [7, 11) is 0. The predicted molar refractivity (Wildman–Crippen MR) is 66.9 cm³/mol. The number of rotatable bonds is 6. The van der Waals surface area contributed by atoms with Crippen LogP contribution in [0.4, 0.5) is 13.2 Å². The predicted octanol–water partition coefficient (Wildman–Crippen LogP) is 2.41. The molecule has 0 bridgehead atoms. The Morgan fingerprint density at radius 2 is 2.21 bits per heavy atom. The van der Waals surface area contributed by atoms with Crippen molar-refractivity contribution < 1.29 is 18.0 Å². The Labute approximate surface area is 113 Å². The zero-order valence-corrected chi connectivity index (χ0v) is 11.4. The molecule has 1 aromatic rings. The summed E-state index contributed by atoms with van der Waals surface area (Å²) in [4.78, 5) is 16.7. The van der Waals surface area contributed by atoms with Crippen molar-refractivity contribution in [2.24, 2.45) is 5.73 Å². The van der Waals surface area contributed by atoms with Crippen LogP contribution in [-0.4, -0.2) is 35.1 Å². The summed E-state index contributed by atoms with van der Waals surface area (Å²) in [5.74, 6) is -0.693. The van der Waals surface area contributed by atoms with Crippen molar-refractivity contribution >= 4 is 17.2 Å². The van der Waals surface area contributed by atoms with E-state index < -0.39 is 18.6 Å². The maximum absolute atomic E-state index is 12.4. The highest BCUT2D eigenvalue weighted by atomic mass is 32.1. The molecule has 0 fully saturated rings. The number of hydrogen-bond acceptors (Lipinski definition) is 4. The molecular weight excluding hydrogens is 279 g/mol. The third kappa shape index (κ3) is 5.15. The monoisotopic (exact) mass is 295 g/mol. The summed E-state index contributed by atoms with van der Waals surface area (Å²) < 4.78 is 37.3. The van der Waals surface area contributed by atoms with Gasteiger partial charge in [-0.1, -0.05) is 13.3 Å². The molecule has 4 nitrogen and oxygen atoms in total. The number of nitrogens with zero attached hydrogens (tertiary/aromatic N) is 2. The van der Waals surface area contributed by atoms with Gasteiger partial charge in [0.15, 0.2) is 0 Å². The molecule has 1 amide bonds. The van der Waals surface area contributed by atoms with Crippen molar-refractivity contribution in [1.82, 2.24) is 9.88 Å². The van der Waals surface area contributed by atoms with E-state index in [1.807, 2.05) is 6.92 Å². The summed E-state index contributed by atoms with van der Waals surface area (Å²) in [5.41, 5.74) is 5.40. The molecule has 8 heteroatoms. The van der Waals surface area contributed by atoms with Crippen LogP contribution in [0.15, 0.2) is 5.38 Å². The molecule has 0 aliphatic heterocycles. The largest absolute Gasteiger partial charge is 0.406 e. The van der Waals surface area contributed by atoms with E-state index in [-0.39, 0.29) is 18.8 Å². The van der Waals surface area contributed by atoms with Crippen molar-refractivity contribution in [3.05, 3.63) is 16.1 Å². The molecule has 0 aromatic carbocycles. The molecule has 0 unspecified atom stereocenters. The van der Waals surface area contributed by atoms with Crippen LogP contribution in [0.2, 0.25) is 0 Å². The molecule has 1 heterocycles. The highest BCUT2D eigenvalue weighted by molar-refractivity contribution is 7.09. The molecule has 19 heavy (non-hydrogen) atoms. The van der Waals surface area contributed by atoms with Gasteiger partial charge in [-0.25, -0.2) is 4.98 Å². The number of carbonyl (C=O) groups excluding carboxylic acids is 1. The highest BCUT2D eigenvalue weighted by Gasteiger charge is 2.33. The fourth-order valence-electron chi connectivity index (χ4n) is 1.48. The number of nitrogens with two attached hydrogens (primary N) is 1. The average molecular weight is 295 g/mol. The normalized spacial score (nSPS) is 11.6. The van der Waals surface area contributed by atoms with Crippen LogP contribution in [-0.2, 0) is 6.54 Å². The Morgan fingerprint density at radius 3 is 2.68 bits per heavy atom. The van der Waals surface area contributed by atoms with Gasteiger partial charge in [-0.2, -0.15) is 13.2 Å². The molecule has 1 aromatic heterocycles. The van der Waals surface area contributed by atoms with Crippen molar-refractivity contribution in [2.75, 3.05) is 13.1 Å². The third-order valence-corrected chi connectivity index (χ3v) is 3.26. The van der Waals surface area contributed by atoms with Crippen LogP contribution in [0.5, 0.6) is 0 Å². The molecule has 0 atom stereocenters. The van der Waals surface area contributed by atoms with Gasteiger partial charge in [0.25, 0.3) is 5.91 Å². The molecule has 0 saturated carbocycles. The van der Waals surface area contributed by atoms with Crippen LogP contribution in [0.3, 0.4) is 0 Å². The van der Waals surface area contributed by atoms with E-state index in [9.17, 15) is 18.0 Å². The van der Waals surface area contributed by atoms with Crippen LogP contribution < -0.4 is 5.73 Å². The molecule has 0 aliphatic rings. The number of unbranched alkanes of at least 4 members (excludes halogenated alkanes) is 1. The van der Waals surface area contributed by atoms with Crippen molar-refractivity contribution in [3.8, 4) is 0 Å². The summed E-state index contributed by atoms with van der Waals surface area (Å²) in [6.07, 6.45) is -3.17. The van der Waals surface area contributed by atoms with E-state index in [2.05, 4.69) is 4.98 Å². The van der Waals surface area contributed by atoms with Gasteiger partial charge in [0.05, 0.1) is 0 Å². The zero-order valence-electron chi connectivity index (χ0n) is 10.5. The van der Waals surface area contributed by atoms with E-state index in [1.165, 1.54) is 16.7 Å². The van der Waals surface area contributed by atoms with Crippen LogP contribution in [0, 0.1) is 0 Å². The maximum Gasteiger partial charge on any atom is 0.406 e. The summed E-state index contributed by atoms with van der Waals surface area (Å²) in [5, 5.41) is 1.98. The number of thiazole rings is 1. The first-order chi connectivity index (χ1) is 8.87. The second kappa shape index (κ2) is 6.85. The van der Waals surface area contributed by atoms with Crippen molar-refractivity contribution in [3.63, 3.8) is 0 Å². The van der Waals surface area contributed by atoms with E-state index in [4.69, 9.17) is 5.73 Å². The number of amides is 1. The fraction of sp³-hybridized carbons (Fsp3) is 0.636. The maximum atomic E-state index is 12.4. The lowest BCUT2D eigenvalue weighted by atomic mass is 10.3. The molecule has 0 radical (unpaired) electrons. The van der Waals surface area contributed by atoms with Gasteiger partial charge < -0.3 is 10.6 Å². The third-order valence-electron chi connectivity index (χ3n) is 2.38. The molecule has 108 valence electrons. The zero-order chi connectivity index (χ0) is 14.5. The van der Waals surface area contributed by atoms with E-state index >= 15 is 0 Å².